The molecule has 31 heavy (non-hydrogen) atoms. The number of carbonyl (C=O) groups is 1. The molecule has 0 unspecified atom stereocenters. The van der Waals surface area contributed by atoms with Gasteiger partial charge >= 0.3 is 0 Å². The zero-order chi connectivity index (χ0) is 22.2. The number of amides is 1. The molecule has 2 aliphatic rings. The van der Waals surface area contributed by atoms with Gasteiger partial charge in [-0.2, -0.15) is 9.40 Å². The first-order chi connectivity index (χ1) is 14.8. The molecule has 0 spiro atoms. The predicted molar refractivity (Wildman–Crippen MR) is 115 cm³/mol. The molecule has 0 aromatic carbocycles. The van der Waals surface area contributed by atoms with Gasteiger partial charge in [-0.25, -0.2) is 18.4 Å². The number of aromatic nitrogens is 4. The minimum absolute atomic E-state index is 0.0403. The summed E-state index contributed by atoms with van der Waals surface area (Å²) in [5.74, 6) is 0.413. The van der Waals surface area contributed by atoms with Gasteiger partial charge in [-0.1, -0.05) is 6.42 Å². The topological polar surface area (TPSA) is 112 Å². The van der Waals surface area contributed by atoms with Crippen LogP contribution < -0.4 is 0 Å². The summed E-state index contributed by atoms with van der Waals surface area (Å²) in [5, 5.41) is 6.83. The number of carbonyl (C=O) groups excluding carboxylic acids is 1. The fourth-order valence-corrected chi connectivity index (χ4v) is 6.60. The Morgan fingerprint density at radius 1 is 1.03 bits per heavy atom. The van der Waals surface area contributed by atoms with Crippen molar-refractivity contribution in [2.75, 3.05) is 19.6 Å². The second-order valence-electron chi connectivity index (χ2n) is 8.47. The largest absolute Gasteiger partial charge is 0.339 e. The lowest BCUT2D eigenvalue weighted by molar-refractivity contribution is 0.0722. The Hall–Kier alpha value is -2.33. The van der Waals surface area contributed by atoms with Gasteiger partial charge in [0.1, 0.15) is 10.7 Å². The minimum Gasteiger partial charge on any atom is -0.339 e. The molecular formula is C21H30N6O3S. The summed E-state index contributed by atoms with van der Waals surface area (Å²) < 4.78 is 28.5. The first-order valence-corrected chi connectivity index (χ1v) is 12.4. The van der Waals surface area contributed by atoms with Crippen molar-refractivity contribution in [3.63, 3.8) is 0 Å². The molecule has 1 atom stereocenters. The van der Waals surface area contributed by atoms with Crippen molar-refractivity contribution in [3.05, 3.63) is 34.7 Å². The van der Waals surface area contributed by atoms with Gasteiger partial charge in [0.05, 0.1) is 28.7 Å². The van der Waals surface area contributed by atoms with E-state index in [1.54, 1.807) is 27.0 Å². The van der Waals surface area contributed by atoms with E-state index in [0.717, 1.165) is 45.2 Å². The highest BCUT2D eigenvalue weighted by Crippen LogP contribution is 2.35. The quantitative estimate of drug-likeness (QED) is 0.773. The molecule has 0 radical (unpaired) electrons. The Bertz CT molecular complexity index is 1060. The molecule has 4 heterocycles. The first-order valence-electron chi connectivity index (χ1n) is 11.0. The molecular weight excluding hydrogens is 416 g/mol. The third-order valence-electron chi connectivity index (χ3n) is 6.25. The van der Waals surface area contributed by atoms with Gasteiger partial charge in [-0.15, -0.1) is 0 Å². The lowest BCUT2D eigenvalue weighted by atomic mass is 10.0. The maximum Gasteiger partial charge on any atom is 0.257 e. The summed E-state index contributed by atoms with van der Waals surface area (Å²) in [6, 6.07) is -0.453. The fraction of sp³-hybridized carbons (Fsp3) is 0.619. The van der Waals surface area contributed by atoms with Crippen LogP contribution in [0.3, 0.4) is 0 Å². The maximum atomic E-state index is 13.5. The lowest BCUT2D eigenvalue weighted by Crippen LogP contribution is -2.40. The first kappa shape index (κ1) is 21.9. The number of piperidine rings is 2. The highest BCUT2D eigenvalue weighted by molar-refractivity contribution is 7.89. The monoisotopic (exact) mass is 446 g/mol. The number of hydrogen-bond donors (Lipinski definition) is 1. The Morgan fingerprint density at radius 2 is 1.74 bits per heavy atom. The maximum absolute atomic E-state index is 13.5. The van der Waals surface area contributed by atoms with E-state index in [1.165, 1.54) is 4.31 Å². The highest BCUT2D eigenvalue weighted by atomic mass is 32.2. The number of aromatic amines is 1. The van der Waals surface area contributed by atoms with Crippen molar-refractivity contribution in [2.24, 2.45) is 0 Å². The van der Waals surface area contributed by atoms with Gasteiger partial charge in [-0.3, -0.25) is 9.89 Å². The number of rotatable bonds is 4. The van der Waals surface area contributed by atoms with Crippen LogP contribution in [-0.4, -0.2) is 63.3 Å². The molecule has 0 bridgehead atoms. The number of sulfonamides is 1. The SMILES string of the molecule is Cc1nc([C@H]2CCCCN2S(=O)(=O)c2c(C)n[nH]c2C)ncc1C(=O)N1CCCCC1. The number of likely N-dealkylation sites (tertiary alicyclic amines) is 1. The van der Waals surface area contributed by atoms with Crippen LogP contribution in [-0.2, 0) is 10.0 Å². The van der Waals surface area contributed by atoms with Gasteiger partial charge in [-0.05, 0) is 52.9 Å². The Morgan fingerprint density at radius 3 is 2.39 bits per heavy atom. The summed E-state index contributed by atoms with van der Waals surface area (Å²) in [7, 11) is -3.75. The van der Waals surface area contributed by atoms with Crippen molar-refractivity contribution >= 4 is 15.9 Å². The van der Waals surface area contributed by atoms with E-state index in [1.807, 2.05) is 4.90 Å². The second-order valence-corrected chi connectivity index (χ2v) is 10.3. The van der Waals surface area contributed by atoms with Gasteiger partial charge < -0.3 is 4.90 Å². The Balaban J connectivity index is 1.64. The van der Waals surface area contributed by atoms with Crippen LogP contribution in [0.5, 0.6) is 0 Å². The molecule has 0 aliphatic carbocycles. The van der Waals surface area contributed by atoms with Crippen molar-refractivity contribution in [1.82, 2.24) is 29.4 Å². The number of H-pyrrole nitrogens is 1. The molecule has 1 amide bonds. The molecule has 4 rings (SSSR count). The number of nitrogens with one attached hydrogen (secondary N) is 1. The van der Waals surface area contributed by atoms with E-state index in [2.05, 4.69) is 20.2 Å². The van der Waals surface area contributed by atoms with E-state index in [0.29, 0.717) is 41.4 Å². The smallest absolute Gasteiger partial charge is 0.257 e. The average Bonchev–Trinajstić information content (AvgIpc) is 3.12. The number of nitrogens with zero attached hydrogens (tertiary/aromatic N) is 5. The van der Waals surface area contributed by atoms with Gasteiger partial charge in [0.25, 0.3) is 5.91 Å². The molecule has 2 aromatic rings. The normalized spacial score (nSPS) is 20.7. The summed E-state index contributed by atoms with van der Waals surface area (Å²) in [6.07, 6.45) is 7.10. The summed E-state index contributed by atoms with van der Waals surface area (Å²) >= 11 is 0. The van der Waals surface area contributed by atoms with Crippen molar-refractivity contribution in [1.29, 1.82) is 0 Å². The third-order valence-corrected chi connectivity index (χ3v) is 8.42. The van der Waals surface area contributed by atoms with Crippen molar-refractivity contribution in [3.8, 4) is 0 Å². The van der Waals surface area contributed by atoms with Crippen LogP contribution in [0.1, 0.15) is 77.8 Å². The molecule has 2 aliphatic heterocycles. The van der Waals surface area contributed by atoms with Gasteiger partial charge in [0.15, 0.2) is 0 Å². The minimum atomic E-state index is -3.75. The predicted octanol–water partition coefficient (Wildman–Crippen LogP) is 2.67. The Labute approximate surface area is 183 Å². The molecule has 2 fully saturated rings. The van der Waals surface area contributed by atoms with Gasteiger partial charge in [0, 0.05) is 25.8 Å². The zero-order valence-electron chi connectivity index (χ0n) is 18.4. The standard InChI is InChI=1S/C21H30N6O3S/c1-14-17(21(28)26-10-6-4-7-11-26)13-22-20(23-14)18-9-5-8-12-27(18)31(29,30)19-15(2)24-25-16(19)3/h13,18H,4-12H2,1-3H3,(H,24,25)/t18-/m1/s1. The molecule has 1 N–H and O–H groups in total. The molecule has 2 saturated heterocycles. The molecule has 0 saturated carbocycles. The van der Waals surface area contributed by atoms with Crippen LogP contribution in [0.15, 0.2) is 11.1 Å². The number of aryl methyl sites for hydroxylation is 3. The summed E-state index contributed by atoms with van der Waals surface area (Å²) in [5.41, 5.74) is 2.08. The van der Waals surface area contributed by atoms with Crippen LogP contribution in [0.25, 0.3) is 0 Å². The highest BCUT2D eigenvalue weighted by Gasteiger charge is 2.38. The zero-order valence-corrected chi connectivity index (χ0v) is 19.2. The van der Waals surface area contributed by atoms with E-state index in [4.69, 9.17) is 0 Å². The van der Waals surface area contributed by atoms with Crippen LogP contribution in [0, 0.1) is 20.8 Å². The van der Waals surface area contributed by atoms with Crippen LogP contribution >= 0.6 is 0 Å². The van der Waals surface area contributed by atoms with Gasteiger partial charge in [0.2, 0.25) is 10.0 Å². The average molecular weight is 447 g/mol. The molecule has 10 heteroatoms. The molecule has 2 aromatic heterocycles. The summed E-state index contributed by atoms with van der Waals surface area (Å²) in [6.45, 7) is 7.14. The third kappa shape index (κ3) is 4.10. The molecule has 168 valence electrons. The lowest BCUT2D eigenvalue weighted by Gasteiger charge is -2.34. The number of hydrogen-bond acceptors (Lipinski definition) is 6. The van der Waals surface area contributed by atoms with E-state index in [-0.39, 0.29) is 10.8 Å². The van der Waals surface area contributed by atoms with Crippen molar-refractivity contribution < 1.29 is 13.2 Å². The van der Waals surface area contributed by atoms with E-state index >= 15 is 0 Å². The van der Waals surface area contributed by atoms with Crippen LogP contribution in [0.4, 0.5) is 0 Å². The summed E-state index contributed by atoms with van der Waals surface area (Å²) in [4.78, 5) is 24.1. The Kier molecular flexibility index (Phi) is 6.11. The fourth-order valence-electron chi connectivity index (χ4n) is 4.61. The van der Waals surface area contributed by atoms with Crippen LogP contribution in [0.2, 0.25) is 0 Å². The van der Waals surface area contributed by atoms with E-state index < -0.39 is 16.1 Å². The van der Waals surface area contributed by atoms with E-state index in [9.17, 15) is 13.2 Å². The molecule has 9 nitrogen and oxygen atoms in total. The van der Waals surface area contributed by atoms with Crippen molar-refractivity contribution in [2.45, 2.75) is 70.2 Å². The second kappa shape index (κ2) is 8.66.